The summed E-state index contributed by atoms with van der Waals surface area (Å²) in [5.41, 5.74) is 3.19. The summed E-state index contributed by atoms with van der Waals surface area (Å²) < 4.78 is 0. The molecule has 1 aromatic carbocycles. The molecule has 0 radical (unpaired) electrons. The SMILES string of the molecule is CCCCc1ncc(CN2CCC3(CC2)C[C@H](c2ccccc2)CN3C)[nH]1. The molecule has 1 N–H and O–H groups in total. The summed E-state index contributed by atoms with van der Waals surface area (Å²) in [6, 6.07) is 11.1. The molecule has 0 saturated carbocycles. The van der Waals surface area contributed by atoms with Crippen LogP contribution in [0.2, 0.25) is 0 Å². The Morgan fingerprint density at radius 1 is 1.19 bits per heavy atom. The average Bonchev–Trinajstić information content (AvgIpc) is 3.27. The highest BCUT2D eigenvalue weighted by Gasteiger charge is 2.45. The minimum atomic E-state index is 0.400. The van der Waals surface area contributed by atoms with Crippen LogP contribution in [-0.2, 0) is 13.0 Å². The van der Waals surface area contributed by atoms with Gasteiger partial charge in [0.15, 0.2) is 0 Å². The van der Waals surface area contributed by atoms with Gasteiger partial charge in [0.05, 0.1) is 0 Å². The van der Waals surface area contributed by atoms with Gasteiger partial charge in [-0.15, -0.1) is 0 Å². The molecular weight excluding hydrogens is 332 g/mol. The van der Waals surface area contributed by atoms with Crippen LogP contribution in [0.3, 0.4) is 0 Å². The smallest absolute Gasteiger partial charge is 0.106 e. The second-order valence-corrected chi connectivity index (χ2v) is 8.65. The number of hydrogen-bond acceptors (Lipinski definition) is 3. The van der Waals surface area contributed by atoms with Crippen LogP contribution in [0.4, 0.5) is 0 Å². The highest BCUT2D eigenvalue weighted by atomic mass is 15.2. The van der Waals surface area contributed by atoms with Gasteiger partial charge in [-0.3, -0.25) is 9.80 Å². The number of aromatic amines is 1. The highest BCUT2D eigenvalue weighted by molar-refractivity contribution is 5.23. The van der Waals surface area contributed by atoms with E-state index in [4.69, 9.17) is 0 Å². The standard InChI is InChI=1S/C23H34N4/c1-3-4-10-22-24-16-21(25-22)18-27-13-11-23(12-14-27)15-20(17-26(23)2)19-8-6-5-7-9-19/h5-9,16,20H,3-4,10-15,17-18H2,1-2H3,(H,24,25)/t20-/m0/s1. The molecule has 1 aromatic heterocycles. The summed E-state index contributed by atoms with van der Waals surface area (Å²) in [6.45, 7) is 6.83. The largest absolute Gasteiger partial charge is 0.345 e. The van der Waals surface area contributed by atoms with Gasteiger partial charge >= 0.3 is 0 Å². The number of aryl methyl sites for hydroxylation is 1. The number of H-pyrrole nitrogens is 1. The van der Waals surface area contributed by atoms with Crippen molar-refractivity contribution in [3.05, 3.63) is 53.6 Å². The Hall–Kier alpha value is -1.65. The van der Waals surface area contributed by atoms with Crippen molar-refractivity contribution in [3.63, 3.8) is 0 Å². The van der Waals surface area contributed by atoms with E-state index in [1.807, 2.05) is 6.20 Å². The van der Waals surface area contributed by atoms with E-state index < -0.39 is 0 Å². The summed E-state index contributed by atoms with van der Waals surface area (Å²) in [4.78, 5) is 13.3. The number of benzene rings is 1. The van der Waals surface area contributed by atoms with Crippen LogP contribution >= 0.6 is 0 Å². The Kier molecular flexibility index (Phi) is 5.65. The van der Waals surface area contributed by atoms with Crippen molar-refractivity contribution in [2.75, 3.05) is 26.7 Å². The van der Waals surface area contributed by atoms with E-state index in [0.29, 0.717) is 11.5 Å². The van der Waals surface area contributed by atoms with Gasteiger partial charge < -0.3 is 4.98 Å². The van der Waals surface area contributed by atoms with E-state index in [1.54, 1.807) is 0 Å². The summed E-state index contributed by atoms with van der Waals surface area (Å²) >= 11 is 0. The number of aromatic nitrogens is 2. The van der Waals surface area contributed by atoms with Gasteiger partial charge in [0.1, 0.15) is 5.82 Å². The van der Waals surface area contributed by atoms with Gasteiger partial charge in [0.25, 0.3) is 0 Å². The Morgan fingerprint density at radius 3 is 2.70 bits per heavy atom. The van der Waals surface area contributed by atoms with Crippen LogP contribution in [0.15, 0.2) is 36.5 Å². The average molecular weight is 367 g/mol. The Morgan fingerprint density at radius 2 is 1.96 bits per heavy atom. The number of imidazole rings is 1. The molecule has 4 heteroatoms. The van der Waals surface area contributed by atoms with E-state index >= 15 is 0 Å². The molecule has 0 unspecified atom stereocenters. The molecule has 4 nitrogen and oxygen atoms in total. The van der Waals surface area contributed by atoms with Crippen LogP contribution in [0.1, 0.15) is 62.0 Å². The van der Waals surface area contributed by atoms with Crippen LogP contribution < -0.4 is 0 Å². The molecule has 2 saturated heterocycles. The first-order chi connectivity index (χ1) is 13.2. The summed E-state index contributed by atoms with van der Waals surface area (Å²) in [5.74, 6) is 1.85. The predicted molar refractivity (Wildman–Crippen MR) is 111 cm³/mol. The third-order valence-electron chi connectivity index (χ3n) is 6.83. The van der Waals surface area contributed by atoms with Gasteiger partial charge in [-0.05, 0) is 44.2 Å². The third kappa shape index (κ3) is 4.12. The Bertz CT molecular complexity index is 715. The van der Waals surface area contributed by atoms with Gasteiger partial charge in [0, 0.05) is 50.0 Å². The van der Waals surface area contributed by atoms with Crippen molar-refractivity contribution in [1.82, 2.24) is 19.8 Å². The first-order valence-corrected chi connectivity index (χ1v) is 10.7. The first kappa shape index (κ1) is 18.7. The molecule has 27 heavy (non-hydrogen) atoms. The highest BCUT2D eigenvalue weighted by Crippen LogP contribution is 2.44. The third-order valence-corrected chi connectivity index (χ3v) is 6.83. The normalized spacial score (nSPS) is 23.3. The number of nitrogens with one attached hydrogen (secondary N) is 1. The minimum Gasteiger partial charge on any atom is -0.345 e. The van der Waals surface area contributed by atoms with Crippen molar-refractivity contribution >= 4 is 0 Å². The van der Waals surface area contributed by atoms with E-state index in [2.05, 4.69) is 64.1 Å². The molecule has 4 rings (SSSR count). The number of hydrogen-bond donors (Lipinski definition) is 1. The van der Waals surface area contributed by atoms with E-state index in [1.165, 1.54) is 63.0 Å². The van der Waals surface area contributed by atoms with Crippen LogP contribution in [0.5, 0.6) is 0 Å². The summed E-state index contributed by atoms with van der Waals surface area (Å²) in [5, 5.41) is 0. The van der Waals surface area contributed by atoms with Crippen molar-refractivity contribution in [1.29, 1.82) is 0 Å². The fraction of sp³-hybridized carbons (Fsp3) is 0.609. The molecule has 1 atom stereocenters. The van der Waals surface area contributed by atoms with Crippen molar-refractivity contribution in [2.24, 2.45) is 0 Å². The number of rotatable bonds is 6. The molecule has 0 bridgehead atoms. The zero-order chi connectivity index (χ0) is 18.7. The van der Waals surface area contributed by atoms with Gasteiger partial charge in [-0.2, -0.15) is 0 Å². The van der Waals surface area contributed by atoms with Crippen LogP contribution in [-0.4, -0.2) is 52.0 Å². The predicted octanol–water partition coefficient (Wildman–Crippen LogP) is 4.21. The molecule has 2 aliphatic heterocycles. The molecule has 2 aromatic rings. The van der Waals surface area contributed by atoms with Crippen molar-refractivity contribution < 1.29 is 0 Å². The van der Waals surface area contributed by atoms with E-state index in [-0.39, 0.29) is 0 Å². The molecule has 3 heterocycles. The minimum absolute atomic E-state index is 0.400. The number of piperidine rings is 1. The lowest BCUT2D eigenvalue weighted by Crippen LogP contribution is -2.50. The number of unbranched alkanes of at least 4 members (excludes halogenated alkanes) is 1. The monoisotopic (exact) mass is 366 g/mol. The molecule has 0 amide bonds. The van der Waals surface area contributed by atoms with Crippen molar-refractivity contribution in [2.45, 2.75) is 63.5 Å². The van der Waals surface area contributed by atoms with Gasteiger partial charge in [0.2, 0.25) is 0 Å². The Labute approximate surface area is 164 Å². The summed E-state index contributed by atoms with van der Waals surface area (Å²) in [7, 11) is 2.34. The molecule has 2 fully saturated rings. The molecule has 0 aliphatic carbocycles. The van der Waals surface area contributed by atoms with Gasteiger partial charge in [-0.25, -0.2) is 4.98 Å². The fourth-order valence-electron chi connectivity index (χ4n) is 5.06. The molecular formula is C23H34N4. The first-order valence-electron chi connectivity index (χ1n) is 10.7. The molecule has 1 spiro atoms. The van der Waals surface area contributed by atoms with Crippen LogP contribution in [0.25, 0.3) is 0 Å². The zero-order valence-corrected chi connectivity index (χ0v) is 17.0. The van der Waals surface area contributed by atoms with E-state index in [9.17, 15) is 0 Å². The van der Waals surface area contributed by atoms with E-state index in [0.717, 1.165) is 18.8 Å². The quantitative estimate of drug-likeness (QED) is 0.832. The second kappa shape index (κ2) is 8.15. The number of nitrogens with zero attached hydrogens (tertiary/aromatic N) is 3. The zero-order valence-electron chi connectivity index (χ0n) is 17.0. The Balaban J connectivity index is 1.32. The topological polar surface area (TPSA) is 35.2 Å². The maximum atomic E-state index is 4.56. The van der Waals surface area contributed by atoms with Crippen LogP contribution in [0, 0.1) is 0 Å². The fourth-order valence-corrected chi connectivity index (χ4v) is 5.06. The molecule has 2 aliphatic rings. The maximum absolute atomic E-state index is 4.56. The molecule has 146 valence electrons. The lowest BCUT2D eigenvalue weighted by atomic mass is 9.81. The van der Waals surface area contributed by atoms with Crippen molar-refractivity contribution in [3.8, 4) is 0 Å². The second-order valence-electron chi connectivity index (χ2n) is 8.65. The number of likely N-dealkylation sites (N-methyl/N-ethyl adjacent to an activating group) is 1. The maximum Gasteiger partial charge on any atom is 0.106 e. The summed E-state index contributed by atoms with van der Waals surface area (Å²) in [6.07, 6.45) is 9.43. The lowest BCUT2D eigenvalue weighted by molar-refractivity contribution is 0.0667. The lowest BCUT2D eigenvalue weighted by Gasteiger charge is -2.43. The van der Waals surface area contributed by atoms with Gasteiger partial charge in [-0.1, -0.05) is 43.7 Å². The number of likely N-dealkylation sites (tertiary alicyclic amines) is 2.